The summed E-state index contributed by atoms with van der Waals surface area (Å²) >= 11 is 0. The molecule has 0 aromatic heterocycles. The molecule has 1 aliphatic rings. The second kappa shape index (κ2) is 7.48. The van der Waals surface area contributed by atoms with E-state index in [9.17, 15) is 8.42 Å². The van der Waals surface area contributed by atoms with Crippen molar-refractivity contribution in [1.29, 1.82) is 0 Å². The summed E-state index contributed by atoms with van der Waals surface area (Å²) < 4.78 is 37.7. The van der Waals surface area contributed by atoms with Crippen molar-refractivity contribution < 1.29 is 17.9 Å². The molecule has 0 spiro atoms. The van der Waals surface area contributed by atoms with E-state index in [0.29, 0.717) is 32.7 Å². The van der Waals surface area contributed by atoms with Crippen molar-refractivity contribution in [3.8, 4) is 11.5 Å². The first-order valence-electron chi connectivity index (χ1n) is 7.49. The zero-order valence-corrected chi connectivity index (χ0v) is 15.0. The smallest absolute Gasteiger partial charge is 0.281 e. The summed E-state index contributed by atoms with van der Waals surface area (Å²) in [5.41, 5.74) is 1.04. The maximum atomic E-state index is 12.1. The molecule has 1 aliphatic heterocycles. The Morgan fingerprint density at radius 1 is 1.09 bits per heavy atom. The van der Waals surface area contributed by atoms with Crippen LogP contribution in [0, 0.1) is 0 Å². The third kappa shape index (κ3) is 4.14. The first-order valence-corrected chi connectivity index (χ1v) is 8.89. The van der Waals surface area contributed by atoms with Crippen molar-refractivity contribution in [3.05, 3.63) is 23.8 Å². The maximum Gasteiger partial charge on any atom is 0.281 e. The van der Waals surface area contributed by atoms with Crippen LogP contribution in [-0.2, 0) is 16.8 Å². The monoisotopic (exact) mass is 343 g/mol. The predicted octanol–water partition coefficient (Wildman–Crippen LogP) is 0.628. The lowest BCUT2D eigenvalue weighted by atomic mass is 10.1. The van der Waals surface area contributed by atoms with Crippen molar-refractivity contribution in [3.63, 3.8) is 0 Å². The Bertz CT molecular complexity index is 626. The van der Waals surface area contributed by atoms with Gasteiger partial charge in [0.15, 0.2) is 0 Å². The van der Waals surface area contributed by atoms with Crippen molar-refractivity contribution in [1.82, 2.24) is 13.5 Å². The standard InChI is InChI=1S/C15H25N3O4S/c1-16(2)23(19,20)18-9-7-17(8-10-18)12-13-11-14(21-3)5-6-15(13)22-4/h5-6,11H,7-10,12H2,1-4H3. The van der Waals surface area contributed by atoms with Crippen LogP contribution < -0.4 is 9.47 Å². The van der Waals surface area contributed by atoms with E-state index < -0.39 is 10.2 Å². The molecule has 0 unspecified atom stereocenters. The molecule has 1 fully saturated rings. The highest BCUT2D eigenvalue weighted by Crippen LogP contribution is 2.25. The highest BCUT2D eigenvalue weighted by molar-refractivity contribution is 7.86. The van der Waals surface area contributed by atoms with Crippen LogP contribution in [0.25, 0.3) is 0 Å². The van der Waals surface area contributed by atoms with Gasteiger partial charge in [-0.15, -0.1) is 0 Å². The normalized spacial score (nSPS) is 17.4. The van der Waals surface area contributed by atoms with Crippen LogP contribution in [0.5, 0.6) is 11.5 Å². The van der Waals surface area contributed by atoms with Gasteiger partial charge < -0.3 is 9.47 Å². The largest absolute Gasteiger partial charge is 0.497 e. The van der Waals surface area contributed by atoms with Gasteiger partial charge >= 0.3 is 0 Å². The summed E-state index contributed by atoms with van der Waals surface area (Å²) in [6.45, 7) is 3.07. The Morgan fingerprint density at radius 2 is 1.74 bits per heavy atom. The Balaban J connectivity index is 2.02. The Kier molecular flexibility index (Phi) is 5.85. The second-order valence-corrected chi connectivity index (χ2v) is 7.79. The molecule has 0 atom stereocenters. The van der Waals surface area contributed by atoms with Crippen LogP contribution in [0.15, 0.2) is 18.2 Å². The first kappa shape index (κ1) is 18.0. The molecule has 23 heavy (non-hydrogen) atoms. The molecular formula is C15H25N3O4S. The van der Waals surface area contributed by atoms with Crippen LogP contribution >= 0.6 is 0 Å². The van der Waals surface area contributed by atoms with E-state index >= 15 is 0 Å². The molecule has 1 heterocycles. The van der Waals surface area contributed by atoms with E-state index in [1.807, 2.05) is 18.2 Å². The number of benzene rings is 1. The Morgan fingerprint density at radius 3 is 2.26 bits per heavy atom. The SMILES string of the molecule is COc1ccc(OC)c(CN2CCN(S(=O)(=O)N(C)C)CC2)c1. The van der Waals surface area contributed by atoms with E-state index in [0.717, 1.165) is 17.1 Å². The van der Waals surface area contributed by atoms with Gasteiger partial charge in [-0.05, 0) is 18.2 Å². The molecule has 7 nitrogen and oxygen atoms in total. The molecule has 0 bridgehead atoms. The zero-order valence-electron chi connectivity index (χ0n) is 14.2. The predicted molar refractivity (Wildman–Crippen MR) is 89.0 cm³/mol. The molecule has 1 aromatic rings. The second-order valence-electron chi connectivity index (χ2n) is 5.64. The van der Waals surface area contributed by atoms with E-state index in [1.54, 1.807) is 28.3 Å². The molecule has 1 aromatic carbocycles. The molecule has 0 N–H and O–H groups in total. The maximum absolute atomic E-state index is 12.1. The van der Waals surface area contributed by atoms with Crippen molar-refractivity contribution in [2.24, 2.45) is 0 Å². The third-order valence-corrected chi connectivity index (χ3v) is 5.94. The lowest BCUT2D eigenvalue weighted by molar-refractivity contribution is 0.175. The van der Waals surface area contributed by atoms with Crippen LogP contribution in [0.1, 0.15) is 5.56 Å². The summed E-state index contributed by atoms with van der Waals surface area (Å²) in [5.74, 6) is 1.60. The summed E-state index contributed by atoms with van der Waals surface area (Å²) in [4.78, 5) is 2.22. The first-order chi connectivity index (χ1) is 10.9. The minimum absolute atomic E-state index is 0.493. The number of nitrogens with zero attached hydrogens (tertiary/aromatic N) is 3. The molecular weight excluding hydrogens is 318 g/mol. The van der Waals surface area contributed by atoms with Gasteiger partial charge in [-0.1, -0.05) is 0 Å². The highest BCUT2D eigenvalue weighted by atomic mass is 32.2. The average Bonchev–Trinajstić information content (AvgIpc) is 2.55. The Labute approximate surface area is 138 Å². The van der Waals surface area contributed by atoms with E-state index in [-0.39, 0.29) is 0 Å². The zero-order chi connectivity index (χ0) is 17.0. The van der Waals surface area contributed by atoms with E-state index in [2.05, 4.69) is 4.90 Å². The van der Waals surface area contributed by atoms with Crippen LogP contribution in [0.3, 0.4) is 0 Å². The molecule has 130 valence electrons. The van der Waals surface area contributed by atoms with Gasteiger partial charge in [-0.25, -0.2) is 0 Å². The number of hydrogen-bond acceptors (Lipinski definition) is 5. The van der Waals surface area contributed by atoms with Crippen molar-refractivity contribution >= 4 is 10.2 Å². The van der Waals surface area contributed by atoms with Crippen LogP contribution in [-0.4, -0.2) is 76.4 Å². The molecule has 2 rings (SSSR count). The molecule has 0 radical (unpaired) electrons. The van der Waals surface area contributed by atoms with Crippen LogP contribution in [0.4, 0.5) is 0 Å². The van der Waals surface area contributed by atoms with E-state index in [4.69, 9.17) is 9.47 Å². The number of hydrogen-bond donors (Lipinski definition) is 0. The van der Waals surface area contributed by atoms with Gasteiger partial charge in [-0.2, -0.15) is 17.0 Å². The topological polar surface area (TPSA) is 62.3 Å². The van der Waals surface area contributed by atoms with Gasteiger partial charge in [0.1, 0.15) is 11.5 Å². The summed E-state index contributed by atoms with van der Waals surface area (Å²) in [5, 5.41) is 0. The van der Waals surface area contributed by atoms with Gasteiger partial charge in [0, 0.05) is 52.4 Å². The molecule has 8 heteroatoms. The fourth-order valence-corrected chi connectivity index (χ4v) is 3.68. The lowest BCUT2D eigenvalue weighted by Gasteiger charge is -2.35. The van der Waals surface area contributed by atoms with Gasteiger partial charge in [0.25, 0.3) is 10.2 Å². The Hall–Kier alpha value is -1.35. The van der Waals surface area contributed by atoms with E-state index in [1.165, 1.54) is 8.61 Å². The molecule has 0 saturated carbocycles. The van der Waals surface area contributed by atoms with Crippen molar-refractivity contribution in [2.45, 2.75) is 6.54 Å². The molecule has 0 amide bonds. The third-order valence-electron chi connectivity index (χ3n) is 4.00. The summed E-state index contributed by atoms with van der Waals surface area (Å²) in [7, 11) is 3.07. The van der Waals surface area contributed by atoms with Gasteiger partial charge in [0.05, 0.1) is 14.2 Å². The fraction of sp³-hybridized carbons (Fsp3) is 0.600. The number of methoxy groups -OCH3 is 2. The fourth-order valence-electron chi connectivity index (χ4n) is 2.60. The lowest BCUT2D eigenvalue weighted by Crippen LogP contribution is -2.51. The highest BCUT2D eigenvalue weighted by Gasteiger charge is 2.28. The number of ether oxygens (including phenoxy) is 2. The number of piperazine rings is 1. The summed E-state index contributed by atoms with van der Waals surface area (Å²) in [6.07, 6.45) is 0. The minimum atomic E-state index is -3.32. The van der Waals surface area contributed by atoms with Crippen molar-refractivity contribution in [2.75, 3.05) is 54.5 Å². The number of rotatable bonds is 6. The van der Waals surface area contributed by atoms with Gasteiger partial charge in [-0.3, -0.25) is 4.90 Å². The quantitative estimate of drug-likeness (QED) is 0.758. The van der Waals surface area contributed by atoms with Crippen LogP contribution in [0.2, 0.25) is 0 Å². The molecule has 0 aliphatic carbocycles. The minimum Gasteiger partial charge on any atom is -0.497 e. The summed E-state index contributed by atoms with van der Waals surface area (Å²) in [6, 6.07) is 5.71. The molecule has 1 saturated heterocycles. The average molecular weight is 343 g/mol. The van der Waals surface area contributed by atoms with Gasteiger partial charge in [0.2, 0.25) is 0 Å².